The summed E-state index contributed by atoms with van der Waals surface area (Å²) in [7, 11) is 0. The second-order valence-electron chi connectivity index (χ2n) is 6.65. The Morgan fingerprint density at radius 3 is 2.41 bits per heavy atom. The van der Waals surface area contributed by atoms with E-state index in [1.54, 1.807) is 24.3 Å². The van der Waals surface area contributed by atoms with Gasteiger partial charge in [-0.05, 0) is 68.8 Å². The van der Waals surface area contributed by atoms with Crippen LogP contribution in [-0.4, -0.2) is 37.6 Å². The summed E-state index contributed by atoms with van der Waals surface area (Å²) in [6, 6.07) is 12.0. The smallest absolute Gasteiger partial charge is 0.251 e. The number of nitrogens with one attached hydrogen (secondary N) is 1. The van der Waals surface area contributed by atoms with Crippen LogP contribution in [0.2, 0.25) is 5.02 Å². The van der Waals surface area contributed by atoms with Gasteiger partial charge in [0.05, 0.1) is 31.4 Å². The molecule has 0 bridgehead atoms. The van der Waals surface area contributed by atoms with Crippen molar-refractivity contribution < 1.29 is 19.1 Å². The Morgan fingerprint density at radius 1 is 1.03 bits per heavy atom. The molecule has 0 spiro atoms. The maximum Gasteiger partial charge on any atom is 0.251 e. The number of amides is 2. The number of halogens is 1. The highest BCUT2D eigenvalue weighted by Crippen LogP contribution is 2.29. The minimum atomic E-state index is -0.521. The van der Waals surface area contributed by atoms with E-state index in [0.29, 0.717) is 42.6 Å². The normalized spacial score (nSPS) is 16.4. The zero-order valence-corrected chi connectivity index (χ0v) is 17.4. The maximum atomic E-state index is 12.7. The highest BCUT2D eigenvalue weighted by Gasteiger charge is 2.39. The van der Waals surface area contributed by atoms with Gasteiger partial charge in [-0.25, -0.2) is 4.90 Å². The minimum absolute atomic E-state index is 0.148. The number of nitrogens with zero attached hydrogens (tertiary/aromatic N) is 1. The van der Waals surface area contributed by atoms with Gasteiger partial charge in [0.25, 0.3) is 5.91 Å². The number of carbonyl (C=O) groups excluding carboxylic acids is 2. The molecule has 1 aliphatic heterocycles. The van der Waals surface area contributed by atoms with E-state index in [0.717, 1.165) is 11.3 Å². The lowest BCUT2D eigenvalue weighted by atomic mass is 10.1. The van der Waals surface area contributed by atoms with Crippen LogP contribution in [0.15, 0.2) is 42.5 Å². The van der Waals surface area contributed by atoms with Crippen LogP contribution in [0.4, 0.5) is 5.69 Å². The molecule has 2 aromatic rings. The van der Waals surface area contributed by atoms with Crippen molar-refractivity contribution in [3.05, 3.63) is 53.1 Å². The van der Waals surface area contributed by atoms with Gasteiger partial charge in [-0.3, -0.25) is 9.59 Å². The van der Waals surface area contributed by atoms with Crippen molar-refractivity contribution in [1.82, 2.24) is 5.32 Å². The molecular weight excluding hydrogens is 392 g/mol. The molecule has 1 aliphatic rings. The van der Waals surface area contributed by atoms with E-state index in [1.165, 1.54) is 4.90 Å². The van der Waals surface area contributed by atoms with Gasteiger partial charge in [0, 0.05) is 5.02 Å². The Labute approximate surface area is 175 Å². The first-order valence-corrected chi connectivity index (χ1v) is 10.2. The number of carbonyl (C=O) groups is 2. The van der Waals surface area contributed by atoms with E-state index in [-0.39, 0.29) is 18.2 Å². The Hall–Kier alpha value is -2.57. The van der Waals surface area contributed by atoms with Crippen LogP contribution in [0.1, 0.15) is 25.8 Å². The number of ether oxygens (including phenoxy) is 2. The zero-order chi connectivity index (χ0) is 20.8. The first-order chi connectivity index (χ1) is 14.0. The van der Waals surface area contributed by atoms with Crippen LogP contribution < -0.4 is 19.7 Å². The molecule has 1 heterocycles. The molecule has 1 N–H and O–H groups in total. The number of hydrogen-bond donors (Lipinski definition) is 1. The molecule has 2 amide bonds. The largest absolute Gasteiger partial charge is 0.490 e. The summed E-state index contributed by atoms with van der Waals surface area (Å²) in [6.45, 7) is 5.56. The summed E-state index contributed by atoms with van der Waals surface area (Å²) in [4.78, 5) is 26.2. The molecule has 0 unspecified atom stereocenters. The fraction of sp³-hybridized carbons (Fsp3) is 0.364. The average molecular weight is 417 g/mol. The highest BCUT2D eigenvalue weighted by molar-refractivity contribution is 6.30. The Bertz CT molecular complexity index is 870. The lowest BCUT2D eigenvalue weighted by Crippen LogP contribution is -2.39. The molecule has 1 saturated heterocycles. The third kappa shape index (κ3) is 5.08. The standard InChI is InChI=1S/C22H25ClN2O4/c1-3-28-19-10-5-15(13-20(19)29-4-2)11-12-24-18-14-21(26)25(22(18)27)17-8-6-16(23)7-9-17/h5-10,13,18,24H,3-4,11-12,14H2,1-2H3/t18-/m1/s1. The summed E-state index contributed by atoms with van der Waals surface area (Å²) in [5.74, 6) is 0.989. The fourth-order valence-electron chi connectivity index (χ4n) is 3.29. The molecule has 6 nitrogen and oxygen atoms in total. The molecule has 3 rings (SSSR count). The van der Waals surface area contributed by atoms with Crippen LogP contribution in [0.25, 0.3) is 0 Å². The second kappa shape index (κ2) is 9.76. The van der Waals surface area contributed by atoms with Crippen molar-refractivity contribution in [3.8, 4) is 11.5 Å². The van der Waals surface area contributed by atoms with E-state index in [1.807, 2.05) is 32.0 Å². The van der Waals surface area contributed by atoms with Crippen molar-refractivity contribution in [2.24, 2.45) is 0 Å². The number of imide groups is 1. The van der Waals surface area contributed by atoms with Gasteiger partial charge in [0.1, 0.15) is 0 Å². The van der Waals surface area contributed by atoms with Gasteiger partial charge >= 0.3 is 0 Å². The zero-order valence-electron chi connectivity index (χ0n) is 16.6. The van der Waals surface area contributed by atoms with Crippen molar-refractivity contribution in [3.63, 3.8) is 0 Å². The van der Waals surface area contributed by atoms with E-state index < -0.39 is 6.04 Å². The number of hydrogen-bond acceptors (Lipinski definition) is 5. The molecule has 7 heteroatoms. The van der Waals surface area contributed by atoms with Crippen LogP contribution >= 0.6 is 11.6 Å². The maximum absolute atomic E-state index is 12.7. The average Bonchev–Trinajstić information content (AvgIpc) is 2.98. The summed E-state index contributed by atoms with van der Waals surface area (Å²) in [5, 5.41) is 3.76. The summed E-state index contributed by atoms with van der Waals surface area (Å²) in [6.07, 6.45) is 0.848. The Kier molecular flexibility index (Phi) is 7.12. The SMILES string of the molecule is CCOc1ccc(CCN[C@@H]2CC(=O)N(c3ccc(Cl)cc3)C2=O)cc1OCC. The van der Waals surface area contributed by atoms with Crippen molar-refractivity contribution in [1.29, 1.82) is 0 Å². The lowest BCUT2D eigenvalue weighted by Gasteiger charge is -2.16. The third-order valence-electron chi connectivity index (χ3n) is 4.64. The summed E-state index contributed by atoms with van der Waals surface area (Å²) in [5.41, 5.74) is 1.61. The minimum Gasteiger partial charge on any atom is -0.490 e. The number of anilines is 1. The van der Waals surface area contributed by atoms with E-state index >= 15 is 0 Å². The van der Waals surface area contributed by atoms with Gasteiger partial charge in [-0.15, -0.1) is 0 Å². The molecule has 0 aliphatic carbocycles. The van der Waals surface area contributed by atoms with Crippen molar-refractivity contribution >= 4 is 29.1 Å². The van der Waals surface area contributed by atoms with Crippen LogP contribution in [0.5, 0.6) is 11.5 Å². The molecule has 154 valence electrons. The van der Waals surface area contributed by atoms with E-state index in [9.17, 15) is 9.59 Å². The van der Waals surface area contributed by atoms with Gasteiger partial charge in [0.15, 0.2) is 11.5 Å². The van der Waals surface area contributed by atoms with E-state index in [2.05, 4.69) is 5.32 Å². The second-order valence-corrected chi connectivity index (χ2v) is 7.09. The Morgan fingerprint density at radius 2 is 1.72 bits per heavy atom. The molecule has 1 fully saturated rings. The predicted octanol–water partition coefficient (Wildman–Crippen LogP) is 3.60. The molecule has 29 heavy (non-hydrogen) atoms. The third-order valence-corrected chi connectivity index (χ3v) is 4.90. The summed E-state index contributed by atoms with van der Waals surface area (Å²) < 4.78 is 11.2. The lowest BCUT2D eigenvalue weighted by molar-refractivity contribution is -0.121. The van der Waals surface area contributed by atoms with Gasteiger partial charge in [-0.1, -0.05) is 17.7 Å². The molecule has 0 saturated carbocycles. The summed E-state index contributed by atoms with van der Waals surface area (Å²) >= 11 is 5.89. The number of rotatable bonds is 9. The molecular formula is C22H25ClN2O4. The monoisotopic (exact) mass is 416 g/mol. The van der Waals surface area contributed by atoms with Crippen LogP contribution in [-0.2, 0) is 16.0 Å². The quantitative estimate of drug-likeness (QED) is 0.632. The fourth-order valence-corrected chi connectivity index (χ4v) is 3.42. The van der Waals surface area contributed by atoms with Gasteiger partial charge in [0.2, 0.25) is 5.91 Å². The first kappa shape index (κ1) is 21.1. The van der Waals surface area contributed by atoms with Gasteiger partial charge < -0.3 is 14.8 Å². The first-order valence-electron chi connectivity index (χ1n) is 9.77. The predicted molar refractivity (Wildman–Crippen MR) is 113 cm³/mol. The van der Waals surface area contributed by atoms with E-state index in [4.69, 9.17) is 21.1 Å². The molecule has 2 aromatic carbocycles. The van der Waals surface area contributed by atoms with Crippen LogP contribution in [0.3, 0.4) is 0 Å². The van der Waals surface area contributed by atoms with Gasteiger partial charge in [-0.2, -0.15) is 0 Å². The Balaban J connectivity index is 1.59. The van der Waals surface area contributed by atoms with Crippen molar-refractivity contribution in [2.45, 2.75) is 32.7 Å². The molecule has 0 radical (unpaired) electrons. The highest BCUT2D eigenvalue weighted by atomic mass is 35.5. The number of benzene rings is 2. The van der Waals surface area contributed by atoms with Crippen molar-refractivity contribution in [2.75, 3.05) is 24.7 Å². The molecule has 1 atom stereocenters. The van der Waals surface area contributed by atoms with Crippen LogP contribution in [0, 0.1) is 0 Å². The topological polar surface area (TPSA) is 67.9 Å². The molecule has 0 aromatic heterocycles.